The molecule has 0 spiro atoms. The van der Waals surface area contributed by atoms with Crippen molar-refractivity contribution in [2.45, 2.75) is 23.6 Å². The Balaban J connectivity index is 3.34. The highest BCUT2D eigenvalue weighted by atomic mass is 32.3. The van der Waals surface area contributed by atoms with Crippen molar-refractivity contribution < 1.29 is 21.4 Å². The molecule has 0 bridgehead atoms. The van der Waals surface area contributed by atoms with Gasteiger partial charge in [-0.25, -0.2) is 18.4 Å². The van der Waals surface area contributed by atoms with Crippen LogP contribution in [0.25, 0.3) is 0 Å². The second-order valence-electron chi connectivity index (χ2n) is 3.11. The number of hydrogen-bond donors (Lipinski definition) is 1. The first-order chi connectivity index (χ1) is 7.15. The first-order valence-electron chi connectivity index (χ1n) is 4.15. The summed E-state index contributed by atoms with van der Waals surface area (Å²) in [7, 11) is -8.97. The van der Waals surface area contributed by atoms with E-state index in [1.54, 1.807) is 6.92 Å². The maximum absolute atomic E-state index is 11.7. The van der Waals surface area contributed by atoms with Crippen molar-refractivity contribution in [2.24, 2.45) is 0 Å². The number of nitrogens with zero attached hydrogens (tertiary/aromatic N) is 2. The molecule has 1 unspecified atom stereocenters. The summed E-state index contributed by atoms with van der Waals surface area (Å²) in [5.74, 6) is 0. The Kier molecular flexibility index (Phi) is 3.31. The SMILES string of the molecule is Cc1ccnc(S(=O)(=O)C(C)S(=O)(=O)O)n1. The number of aromatic nitrogens is 2. The highest BCUT2D eigenvalue weighted by Crippen LogP contribution is 2.15. The third-order valence-electron chi connectivity index (χ3n) is 1.88. The monoisotopic (exact) mass is 266 g/mol. The Morgan fingerprint density at radius 2 is 1.88 bits per heavy atom. The van der Waals surface area contributed by atoms with Crippen LogP contribution in [0.1, 0.15) is 12.6 Å². The van der Waals surface area contributed by atoms with E-state index in [0.29, 0.717) is 5.69 Å². The summed E-state index contributed by atoms with van der Waals surface area (Å²) in [6, 6.07) is 1.47. The molecule has 1 rings (SSSR count). The molecule has 0 radical (unpaired) electrons. The minimum absolute atomic E-state index is 0.385. The molecule has 0 fully saturated rings. The standard InChI is InChI=1S/C7H10N2O5S2/c1-5-3-4-8-7(9-5)15(10,11)6(2)16(12,13)14/h3-4,6H,1-2H3,(H,12,13,14). The lowest BCUT2D eigenvalue weighted by molar-refractivity contribution is 0.478. The van der Waals surface area contributed by atoms with Crippen molar-refractivity contribution in [3.05, 3.63) is 18.0 Å². The smallest absolute Gasteiger partial charge is 0.282 e. The van der Waals surface area contributed by atoms with Crippen molar-refractivity contribution in [3.8, 4) is 0 Å². The van der Waals surface area contributed by atoms with Gasteiger partial charge in [-0.1, -0.05) is 0 Å². The van der Waals surface area contributed by atoms with Gasteiger partial charge in [0.2, 0.25) is 15.0 Å². The molecular formula is C7H10N2O5S2. The lowest BCUT2D eigenvalue weighted by Gasteiger charge is -2.08. The lowest BCUT2D eigenvalue weighted by atomic mass is 10.5. The van der Waals surface area contributed by atoms with Crippen molar-refractivity contribution in [2.75, 3.05) is 0 Å². The van der Waals surface area contributed by atoms with Gasteiger partial charge in [0.15, 0.2) is 4.58 Å². The second-order valence-corrected chi connectivity index (χ2v) is 7.31. The van der Waals surface area contributed by atoms with E-state index in [9.17, 15) is 16.8 Å². The quantitative estimate of drug-likeness (QED) is 0.594. The van der Waals surface area contributed by atoms with E-state index in [4.69, 9.17) is 4.55 Å². The van der Waals surface area contributed by atoms with Crippen molar-refractivity contribution >= 4 is 20.0 Å². The van der Waals surface area contributed by atoms with E-state index in [0.717, 1.165) is 6.92 Å². The number of sulfone groups is 1. The van der Waals surface area contributed by atoms with Gasteiger partial charge in [-0.3, -0.25) is 4.55 Å². The third kappa shape index (κ3) is 2.54. The van der Waals surface area contributed by atoms with Crippen LogP contribution in [-0.2, 0) is 20.0 Å². The highest BCUT2D eigenvalue weighted by molar-refractivity contribution is 8.06. The predicted molar refractivity (Wildman–Crippen MR) is 55.0 cm³/mol. The molecular weight excluding hydrogens is 256 g/mol. The van der Waals surface area contributed by atoms with Crippen molar-refractivity contribution in [1.29, 1.82) is 0 Å². The van der Waals surface area contributed by atoms with E-state index >= 15 is 0 Å². The van der Waals surface area contributed by atoms with Crippen LogP contribution in [0, 0.1) is 6.92 Å². The molecule has 0 saturated heterocycles. The molecule has 1 atom stereocenters. The van der Waals surface area contributed by atoms with Crippen LogP contribution in [0.15, 0.2) is 17.4 Å². The molecule has 1 aromatic heterocycles. The van der Waals surface area contributed by atoms with E-state index in [1.807, 2.05) is 0 Å². The van der Waals surface area contributed by atoms with Gasteiger partial charge in [-0.2, -0.15) is 8.42 Å². The van der Waals surface area contributed by atoms with Crippen LogP contribution >= 0.6 is 0 Å². The summed E-state index contributed by atoms with van der Waals surface area (Å²) in [6.07, 6.45) is 1.20. The normalized spacial score (nSPS) is 14.7. The van der Waals surface area contributed by atoms with Gasteiger partial charge < -0.3 is 0 Å². The molecule has 1 aromatic rings. The molecule has 0 amide bonds. The van der Waals surface area contributed by atoms with Gasteiger partial charge in [0.05, 0.1) is 0 Å². The fraction of sp³-hybridized carbons (Fsp3) is 0.429. The van der Waals surface area contributed by atoms with Gasteiger partial charge in [0, 0.05) is 11.9 Å². The average molecular weight is 266 g/mol. The van der Waals surface area contributed by atoms with E-state index in [-0.39, 0.29) is 0 Å². The summed E-state index contributed by atoms with van der Waals surface area (Å²) in [4.78, 5) is 7.08. The average Bonchev–Trinajstić information content (AvgIpc) is 2.15. The Hall–Kier alpha value is -1.06. The molecule has 0 aliphatic heterocycles. The van der Waals surface area contributed by atoms with Crippen LogP contribution in [0.5, 0.6) is 0 Å². The van der Waals surface area contributed by atoms with Crippen molar-refractivity contribution in [3.63, 3.8) is 0 Å². The molecule has 1 N–H and O–H groups in total. The van der Waals surface area contributed by atoms with Crippen LogP contribution in [-0.4, -0.2) is 35.9 Å². The number of aryl methyl sites for hydroxylation is 1. The summed E-state index contributed by atoms with van der Waals surface area (Å²) < 4.78 is 51.6. The third-order valence-corrected chi connectivity index (χ3v) is 5.79. The minimum Gasteiger partial charge on any atom is -0.285 e. The van der Waals surface area contributed by atoms with E-state index < -0.39 is 29.7 Å². The van der Waals surface area contributed by atoms with Gasteiger partial charge in [0.1, 0.15) is 0 Å². The Morgan fingerprint density at radius 1 is 1.31 bits per heavy atom. The Morgan fingerprint density at radius 3 is 2.31 bits per heavy atom. The highest BCUT2D eigenvalue weighted by Gasteiger charge is 2.35. The van der Waals surface area contributed by atoms with Crippen LogP contribution in [0.3, 0.4) is 0 Å². The van der Waals surface area contributed by atoms with E-state index in [2.05, 4.69) is 9.97 Å². The van der Waals surface area contributed by atoms with Crippen LogP contribution in [0.2, 0.25) is 0 Å². The molecule has 16 heavy (non-hydrogen) atoms. The van der Waals surface area contributed by atoms with Crippen LogP contribution in [0.4, 0.5) is 0 Å². The van der Waals surface area contributed by atoms with E-state index in [1.165, 1.54) is 12.3 Å². The predicted octanol–water partition coefficient (Wildman–Crippen LogP) is -0.207. The van der Waals surface area contributed by atoms with Gasteiger partial charge in [-0.05, 0) is 19.9 Å². The molecule has 9 heteroatoms. The molecule has 0 saturated carbocycles. The van der Waals surface area contributed by atoms with Crippen LogP contribution < -0.4 is 0 Å². The zero-order valence-electron chi connectivity index (χ0n) is 8.52. The number of hydrogen-bond acceptors (Lipinski definition) is 6. The van der Waals surface area contributed by atoms with Crippen molar-refractivity contribution in [1.82, 2.24) is 9.97 Å². The molecule has 1 heterocycles. The fourth-order valence-corrected chi connectivity index (χ4v) is 3.19. The Bertz CT molecular complexity index is 593. The fourth-order valence-electron chi connectivity index (χ4n) is 0.872. The summed E-state index contributed by atoms with van der Waals surface area (Å²) in [5.41, 5.74) is 0.385. The second kappa shape index (κ2) is 4.07. The lowest BCUT2D eigenvalue weighted by Crippen LogP contribution is -2.28. The first-order valence-corrected chi connectivity index (χ1v) is 7.20. The molecule has 90 valence electrons. The summed E-state index contributed by atoms with van der Waals surface area (Å²) in [5, 5.41) is -0.613. The largest absolute Gasteiger partial charge is 0.285 e. The van der Waals surface area contributed by atoms with Gasteiger partial charge in [0.25, 0.3) is 10.1 Å². The molecule has 0 aliphatic rings. The summed E-state index contributed by atoms with van der Waals surface area (Å²) >= 11 is 0. The van der Waals surface area contributed by atoms with Gasteiger partial charge >= 0.3 is 0 Å². The molecule has 7 nitrogen and oxygen atoms in total. The molecule has 0 aliphatic carbocycles. The first kappa shape index (κ1) is 13.0. The minimum atomic E-state index is -4.69. The zero-order chi connectivity index (χ0) is 12.6. The molecule has 0 aromatic carbocycles. The number of rotatable bonds is 3. The zero-order valence-corrected chi connectivity index (χ0v) is 10.2. The maximum atomic E-state index is 11.7. The topological polar surface area (TPSA) is 114 Å². The summed E-state index contributed by atoms with van der Waals surface area (Å²) in [6.45, 7) is 2.40. The Labute approximate surface area is 93.2 Å². The maximum Gasteiger partial charge on any atom is 0.282 e. The van der Waals surface area contributed by atoms with Gasteiger partial charge in [-0.15, -0.1) is 0 Å².